The number of imide groups is 1. The van der Waals surface area contributed by atoms with Gasteiger partial charge in [-0.25, -0.2) is 10.3 Å². The maximum Gasteiger partial charge on any atom is 0.271 e. The minimum absolute atomic E-state index is 0.0596. The summed E-state index contributed by atoms with van der Waals surface area (Å²) in [6, 6.07) is 27.6. The Morgan fingerprint density at radius 3 is 2.26 bits per heavy atom. The minimum Gasteiger partial charge on any atom is -0.495 e. The quantitative estimate of drug-likeness (QED) is 0.156. The van der Waals surface area contributed by atoms with Crippen LogP contribution in [0.1, 0.15) is 38.5 Å². The van der Waals surface area contributed by atoms with E-state index in [2.05, 4.69) is 10.5 Å². The van der Waals surface area contributed by atoms with Crippen LogP contribution in [0.5, 0.6) is 5.75 Å². The van der Waals surface area contributed by atoms with E-state index < -0.39 is 28.1 Å². The largest absolute Gasteiger partial charge is 0.495 e. The molecule has 1 saturated heterocycles. The van der Waals surface area contributed by atoms with Crippen LogP contribution in [-0.4, -0.2) is 36.0 Å². The number of nitro benzene ring substituents is 1. The highest BCUT2D eigenvalue weighted by atomic mass is 16.6. The number of non-ortho nitro benzene ring substituents is 1. The van der Waals surface area contributed by atoms with Gasteiger partial charge in [0.2, 0.25) is 11.8 Å². The highest BCUT2D eigenvalue weighted by Crippen LogP contribution is 2.63. The van der Waals surface area contributed by atoms with Crippen LogP contribution in [0, 0.1) is 22.0 Å². The zero-order chi connectivity index (χ0) is 29.9. The topological polar surface area (TPSA) is 131 Å². The average Bonchev–Trinajstić information content (AvgIpc) is 3.31. The molecule has 43 heavy (non-hydrogen) atoms. The molecule has 2 bridgehead atoms. The Balaban J connectivity index is 1.38. The molecule has 0 unspecified atom stereocenters. The number of ether oxygens (including phenoxy) is 1. The lowest BCUT2D eigenvalue weighted by Crippen LogP contribution is -2.54. The van der Waals surface area contributed by atoms with Crippen LogP contribution in [0.3, 0.4) is 0 Å². The molecule has 4 aromatic carbocycles. The molecule has 0 aromatic heterocycles. The molecule has 10 heteroatoms. The molecule has 0 spiro atoms. The molecule has 3 aliphatic carbocycles. The zero-order valence-corrected chi connectivity index (χ0v) is 22.8. The van der Waals surface area contributed by atoms with Gasteiger partial charge >= 0.3 is 0 Å². The number of methoxy groups -OCH3 is 1. The average molecular weight is 573 g/mol. The smallest absolute Gasteiger partial charge is 0.271 e. The summed E-state index contributed by atoms with van der Waals surface area (Å²) in [6.07, 6.45) is 1.55. The number of hydrogen-bond donors (Lipinski definition) is 1. The van der Waals surface area contributed by atoms with Crippen molar-refractivity contribution in [3.8, 4) is 5.75 Å². The van der Waals surface area contributed by atoms with Crippen LogP contribution in [0.25, 0.3) is 0 Å². The number of carbonyl (C=O) groups is 3. The van der Waals surface area contributed by atoms with E-state index >= 15 is 0 Å². The lowest BCUT2D eigenvalue weighted by atomic mass is 9.47. The van der Waals surface area contributed by atoms with Crippen molar-refractivity contribution in [2.75, 3.05) is 12.0 Å². The second-order valence-corrected chi connectivity index (χ2v) is 10.7. The van der Waals surface area contributed by atoms with Crippen molar-refractivity contribution in [1.29, 1.82) is 0 Å². The van der Waals surface area contributed by atoms with E-state index in [0.717, 1.165) is 22.3 Å². The minimum atomic E-state index is -1.19. The first-order valence-corrected chi connectivity index (χ1v) is 13.7. The molecule has 0 radical (unpaired) electrons. The van der Waals surface area contributed by atoms with Crippen molar-refractivity contribution >= 4 is 35.3 Å². The molecule has 212 valence electrons. The maximum atomic E-state index is 14.5. The van der Waals surface area contributed by atoms with Crippen LogP contribution in [-0.2, 0) is 15.0 Å². The number of anilines is 1. The van der Waals surface area contributed by atoms with E-state index in [0.29, 0.717) is 11.4 Å². The third kappa shape index (κ3) is 3.66. The zero-order valence-electron chi connectivity index (χ0n) is 22.8. The molecule has 1 fully saturated rings. The number of amides is 3. The number of hydrogen-bond acceptors (Lipinski definition) is 7. The monoisotopic (exact) mass is 572 g/mol. The standard InChI is InChI=1S/C33H24N4O6/c1-43-26-16-7-6-15-25(26)36-31(39)28-27-21-11-2-4-13-23(21)33(29(28)32(36)40,24-14-5-3-12-22(24)27)18-34-35-30(38)19-9-8-10-20(17-19)37(41)42/h2-18,27-29H,1H3,(H,35,38)/b34-18-/t27?,28-,29-,33?/m0/s1. The Morgan fingerprint density at radius 1 is 0.930 bits per heavy atom. The fourth-order valence-corrected chi connectivity index (χ4v) is 7.12. The summed E-state index contributed by atoms with van der Waals surface area (Å²) in [5.41, 5.74) is 5.01. The predicted molar refractivity (Wildman–Crippen MR) is 157 cm³/mol. The number of nitrogens with zero attached hydrogens (tertiary/aromatic N) is 3. The molecule has 3 amide bonds. The number of hydrazone groups is 1. The first-order chi connectivity index (χ1) is 20.9. The Kier molecular flexibility index (Phi) is 5.94. The number of nitrogens with one attached hydrogen (secondary N) is 1. The van der Waals surface area contributed by atoms with Crippen molar-refractivity contribution in [3.63, 3.8) is 0 Å². The third-order valence-electron chi connectivity index (χ3n) is 8.76. The number of rotatable bonds is 6. The van der Waals surface area contributed by atoms with Gasteiger partial charge in [0.25, 0.3) is 11.6 Å². The summed E-state index contributed by atoms with van der Waals surface area (Å²) < 4.78 is 5.52. The van der Waals surface area contributed by atoms with Crippen LogP contribution >= 0.6 is 0 Å². The summed E-state index contributed by atoms with van der Waals surface area (Å²) >= 11 is 0. The van der Waals surface area contributed by atoms with Gasteiger partial charge in [0.15, 0.2) is 0 Å². The molecule has 4 aliphatic rings. The fraction of sp³-hybridized carbons (Fsp3) is 0.152. The highest BCUT2D eigenvalue weighted by molar-refractivity contribution is 6.25. The summed E-state index contributed by atoms with van der Waals surface area (Å²) in [6.45, 7) is 0. The van der Waals surface area contributed by atoms with Gasteiger partial charge in [0, 0.05) is 29.8 Å². The fourth-order valence-electron chi connectivity index (χ4n) is 7.12. The molecule has 0 saturated carbocycles. The van der Waals surface area contributed by atoms with Gasteiger partial charge in [-0.15, -0.1) is 0 Å². The predicted octanol–water partition coefficient (Wildman–Crippen LogP) is 4.57. The maximum absolute atomic E-state index is 14.5. The van der Waals surface area contributed by atoms with Gasteiger partial charge in [-0.05, 0) is 40.5 Å². The molecule has 1 aliphatic heterocycles. The van der Waals surface area contributed by atoms with E-state index in [9.17, 15) is 24.5 Å². The van der Waals surface area contributed by atoms with Crippen LogP contribution in [0.2, 0.25) is 0 Å². The first kappa shape index (κ1) is 26.3. The molecular weight excluding hydrogens is 548 g/mol. The van der Waals surface area contributed by atoms with E-state index in [4.69, 9.17) is 4.74 Å². The molecular formula is C33H24N4O6. The Morgan fingerprint density at radius 2 is 1.58 bits per heavy atom. The van der Waals surface area contributed by atoms with E-state index in [1.807, 2.05) is 48.5 Å². The summed E-state index contributed by atoms with van der Waals surface area (Å²) in [4.78, 5) is 53.7. The summed E-state index contributed by atoms with van der Waals surface area (Å²) in [5.74, 6) is -2.89. The molecule has 2 atom stereocenters. The van der Waals surface area contributed by atoms with Gasteiger partial charge < -0.3 is 4.74 Å². The van der Waals surface area contributed by atoms with Crippen molar-refractivity contribution in [2.45, 2.75) is 11.3 Å². The first-order valence-electron chi connectivity index (χ1n) is 13.7. The lowest BCUT2D eigenvalue weighted by molar-refractivity contribution is -0.384. The van der Waals surface area contributed by atoms with Crippen LogP contribution in [0.15, 0.2) is 102 Å². The molecule has 10 nitrogen and oxygen atoms in total. The lowest BCUT2D eigenvalue weighted by Gasteiger charge is -2.52. The van der Waals surface area contributed by atoms with Gasteiger partial charge in [-0.3, -0.25) is 24.5 Å². The number of benzene rings is 4. The van der Waals surface area contributed by atoms with Gasteiger partial charge in [-0.1, -0.05) is 66.7 Å². The van der Waals surface area contributed by atoms with Crippen LogP contribution in [0.4, 0.5) is 11.4 Å². The van der Waals surface area contributed by atoms with Crippen molar-refractivity contribution in [2.24, 2.45) is 16.9 Å². The van der Waals surface area contributed by atoms with Crippen molar-refractivity contribution in [3.05, 3.63) is 135 Å². The number of para-hydroxylation sites is 2. The Hall–Kier alpha value is -5.64. The second kappa shape index (κ2) is 9.73. The molecule has 8 rings (SSSR count). The Labute approximate surface area is 245 Å². The second-order valence-electron chi connectivity index (χ2n) is 10.7. The SMILES string of the molecule is COc1ccccc1N1C(=O)[C@@H]2[C@@H](C1=O)C1c3ccccc3C2(/C=N\NC(=O)c2cccc([N+](=O)[O-])c2)c2ccccc21. The number of nitro groups is 1. The van der Waals surface area contributed by atoms with Crippen LogP contribution < -0.4 is 15.1 Å². The number of carbonyl (C=O) groups excluding carboxylic acids is 3. The van der Waals surface area contributed by atoms with Gasteiger partial charge in [0.05, 0.1) is 35.0 Å². The van der Waals surface area contributed by atoms with E-state index in [1.54, 1.807) is 30.5 Å². The highest BCUT2D eigenvalue weighted by Gasteiger charge is 2.68. The van der Waals surface area contributed by atoms with E-state index in [1.165, 1.54) is 36.3 Å². The normalized spacial score (nSPS) is 23.1. The van der Waals surface area contributed by atoms with Crippen molar-refractivity contribution < 1.29 is 24.0 Å². The summed E-state index contributed by atoms with van der Waals surface area (Å²) in [5, 5.41) is 15.6. The molecule has 1 heterocycles. The third-order valence-corrected chi connectivity index (χ3v) is 8.76. The van der Waals surface area contributed by atoms with E-state index in [-0.39, 0.29) is 29.0 Å². The molecule has 1 N–H and O–H groups in total. The van der Waals surface area contributed by atoms with Gasteiger partial charge in [0.1, 0.15) is 5.75 Å². The summed E-state index contributed by atoms with van der Waals surface area (Å²) in [7, 11) is 1.49. The van der Waals surface area contributed by atoms with Gasteiger partial charge in [-0.2, -0.15) is 5.10 Å². The van der Waals surface area contributed by atoms with Crippen molar-refractivity contribution in [1.82, 2.24) is 5.43 Å². The molecule has 4 aromatic rings. The Bertz CT molecular complexity index is 1840.